The molecule has 0 saturated carbocycles. The number of anilines is 1. The van der Waals surface area contributed by atoms with Crippen LogP contribution in [0.5, 0.6) is 11.5 Å². The molecule has 1 heterocycles. The minimum atomic E-state index is -0.126. The molecule has 0 saturated heterocycles. The lowest BCUT2D eigenvalue weighted by Gasteiger charge is -2.11. The fourth-order valence-electron chi connectivity index (χ4n) is 1.78. The van der Waals surface area contributed by atoms with Crippen LogP contribution in [0.4, 0.5) is 5.69 Å². The minimum absolute atomic E-state index is 0.126. The molecule has 22 heavy (non-hydrogen) atoms. The van der Waals surface area contributed by atoms with Crippen molar-refractivity contribution in [3.63, 3.8) is 0 Å². The molecule has 0 aliphatic rings. The summed E-state index contributed by atoms with van der Waals surface area (Å²) < 4.78 is 10.4. The Morgan fingerprint density at radius 1 is 1.23 bits per heavy atom. The number of carbonyl (C=O) groups excluding carboxylic acids is 1. The van der Waals surface area contributed by atoms with Crippen LogP contribution in [0.1, 0.15) is 5.56 Å². The van der Waals surface area contributed by atoms with E-state index in [1.54, 1.807) is 38.6 Å². The standard InChI is InChI=1S/C16H18N2O3S/c1-11-4-7-16(17-9-11)22-10-15(19)18-13-8-12(20-2)5-6-14(13)21-3/h4-9H,10H2,1-3H3,(H,18,19). The second kappa shape index (κ2) is 7.70. The van der Waals surface area contributed by atoms with Gasteiger partial charge in [0.05, 0.1) is 30.7 Å². The molecule has 0 atom stereocenters. The van der Waals surface area contributed by atoms with Gasteiger partial charge in [-0.05, 0) is 30.7 Å². The number of methoxy groups -OCH3 is 2. The number of nitrogens with one attached hydrogen (secondary N) is 1. The Morgan fingerprint density at radius 2 is 2.05 bits per heavy atom. The first-order valence-corrected chi connectivity index (χ1v) is 7.68. The van der Waals surface area contributed by atoms with Crippen LogP contribution in [0.3, 0.4) is 0 Å². The summed E-state index contributed by atoms with van der Waals surface area (Å²) in [4.78, 5) is 16.3. The van der Waals surface area contributed by atoms with Crippen molar-refractivity contribution in [1.29, 1.82) is 0 Å². The molecular weight excluding hydrogens is 300 g/mol. The Morgan fingerprint density at radius 3 is 2.68 bits per heavy atom. The van der Waals surface area contributed by atoms with Gasteiger partial charge in [-0.2, -0.15) is 0 Å². The van der Waals surface area contributed by atoms with Crippen molar-refractivity contribution in [2.75, 3.05) is 25.3 Å². The molecule has 0 fully saturated rings. The van der Waals surface area contributed by atoms with Gasteiger partial charge in [0.1, 0.15) is 11.5 Å². The molecule has 1 aromatic carbocycles. The maximum absolute atomic E-state index is 12.1. The van der Waals surface area contributed by atoms with E-state index in [-0.39, 0.29) is 11.7 Å². The summed E-state index contributed by atoms with van der Waals surface area (Å²) in [6.07, 6.45) is 1.78. The molecule has 0 bridgehead atoms. The number of pyridine rings is 1. The van der Waals surface area contributed by atoms with E-state index in [1.807, 2.05) is 19.1 Å². The zero-order chi connectivity index (χ0) is 15.9. The molecule has 1 amide bonds. The van der Waals surface area contributed by atoms with Crippen LogP contribution in [-0.2, 0) is 4.79 Å². The predicted molar refractivity (Wildman–Crippen MR) is 87.9 cm³/mol. The van der Waals surface area contributed by atoms with Crippen molar-refractivity contribution in [2.45, 2.75) is 11.9 Å². The number of nitrogens with zero attached hydrogens (tertiary/aromatic N) is 1. The van der Waals surface area contributed by atoms with Crippen molar-refractivity contribution in [2.24, 2.45) is 0 Å². The highest BCUT2D eigenvalue weighted by Gasteiger charge is 2.10. The quantitative estimate of drug-likeness (QED) is 0.829. The monoisotopic (exact) mass is 318 g/mol. The first-order valence-electron chi connectivity index (χ1n) is 6.69. The van der Waals surface area contributed by atoms with Crippen LogP contribution in [0.2, 0.25) is 0 Å². The highest BCUT2D eigenvalue weighted by molar-refractivity contribution is 7.99. The summed E-state index contributed by atoms with van der Waals surface area (Å²) in [6.45, 7) is 1.98. The van der Waals surface area contributed by atoms with Crippen molar-refractivity contribution < 1.29 is 14.3 Å². The molecule has 0 radical (unpaired) electrons. The Hall–Kier alpha value is -2.21. The molecule has 116 valence electrons. The van der Waals surface area contributed by atoms with Gasteiger partial charge in [0.2, 0.25) is 5.91 Å². The Labute approximate surface area is 134 Å². The molecule has 2 aromatic rings. The number of benzene rings is 1. The largest absolute Gasteiger partial charge is 0.497 e. The van der Waals surface area contributed by atoms with Gasteiger partial charge in [-0.3, -0.25) is 4.79 Å². The lowest BCUT2D eigenvalue weighted by Crippen LogP contribution is -2.14. The molecule has 1 aromatic heterocycles. The zero-order valence-electron chi connectivity index (χ0n) is 12.8. The van der Waals surface area contributed by atoms with Gasteiger partial charge < -0.3 is 14.8 Å². The van der Waals surface area contributed by atoms with E-state index < -0.39 is 0 Å². The molecule has 0 spiro atoms. The summed E-state index contributed by atoms with van der Waals surface area (Å²) in [5, 5.41) is 3.64. The number of aromatic nitrogens is 1. The number of thioether (sulfide) groups is 1. The van der Waals surface area contributed by atoms with Gasteiger partial charge in [-0.25, -0.2) is 4.98 Å². The molecule has 0 aliphatic carbocycles. The van der Waals surface area contributed by atoms with Crippen LogP contribution >= 0.6 is 11.8 Å². The first-order chi connectivity index (χ1) is 10.6. The number of hydrogen-bond donors (Lipinski definition) is 1. The van der Waals surface area contributed by atoms with Gasteiger partial charge in [0, 0.05) is 12.3 Å². The highest BCUT2D eigenvalue weighted by atomic mass is 32.2. The third-order valence-corrected chi connectivity index (χ3v) is 3.86. The Bertz CT molecular complexity index is 644. The van der Waals surface area contributed by atoms with E-state index >= 15 is 0 Å². The summed E-state index contributed by atoms with van der Waals surface area (Å²) in [5.74, 6) is 1.40. The van der Waals surface area contributed by atoms with E-state index in [0.29, 0.717) is 17.2 Å². The topological polar surface area (TPSA) is 60.5 Å². The number of aryl methyl sites for hydroxylation is 1. The molecule has 2 rings (SSSR count). The van der Waals surface area contributed by atoms with Crippen molar-refractivity contribution in [3.05, 3.63) is 42.1 Å². The van der Waals surface area contributed by atoms with E-state index in [9.17, 15) is 4.79 Å². The van der Waals surface area contributed by atoms with Gasteiger partial charge in [0.25, 0.3) is 0 Å². The highest BCUT2D eigenvalue weighted by Crippen LogP contribution is 2.29. The number of amides is 1. The third-order valence-electron chi connectivity index (χ3n) is 2.92. The van der Waals surface area contributed by atoms with Gasteiger partial charge in [-0.15, -0.1) is 0 Å². The SMILES string of the molecule is COc1ccc(OC)c(NC(=O)CSc2ccc(C)cn2)c1. The third kappa shape index (κ3) is 4.39. The normalized spacial score (nSPS) is 10.1. The summed E-state index contributed by atoms with van der Waals surface area (Å²) in [5.41, 5.74) is 1.68. The van der Waals surface area contributed by atoms with Gasteiger partial charge >= 0.3 is 0 Å². The van der Waals surface area contributed by atoms with E-state index in [0.717, 1.165) is 10.6 Å². The lowest BCUT2D eigenvalue weighted by atomic mass is 10.2. The van der Waals surface area contributed by atoms with E-state index in [2.05, 4.69) is 10.3 Å². The minimum Gasteiger partial charge on any atom is -0.497 e. The smallest absolute Gasteiger partial charge is 0.234 e. The zero-order valence-corrected chi connectivity index (χ0v) is 13.6. The van der Waals surface area contributed by atoms with Crippen LogP contribution in [0.25, 0.3) is 0 Å². The first kappa shape index (κ1) is 16.2. The average Bonchev–Trinajstić information content (AvgIpc) is 2.54. The van der Waals surface area contributed by atoms with Crippen molar-refractivity contribution >= 4 is 23.4 Å². The second-order valence-corrected chi connectivity index (χ2v) is 5.57. The molecule has 1 N–H and O–H groups in total. The summed E-state index contributed by atoms with van der Waals surface area (Å²) in [7, 11) is 3.13. The van der Waals surface area contributed by atoms with Crippen LogP contribution in [0, 0.1) is 6.92 Å². The van der Waals surface area contributed by atoms with Crippen molar-refractivity contribution in [1.82, 2.24) is 4.98 Å². The van der Waals surface area contributed by atoms with Crippen LogP contribution < -0.4 is 14.8 Å². The summed E-state index contributed by atoms with van der Waals surface area (Å²) >= 11 is 1.38. The second-order valence-electron chi connectivity index (χ2n) is 4.58. The fourth-order valence-corrected chi connectivity index (χ4v) is 2.42. The molecule has 0 aliphatic heterocycles. The predicted octanol–water partition coefficient (Wildman–Crippen LogP) is 3.14. The number of rotatable bonds is 6. The maximum atomic E-state index is 12.1. The van der Waals surface area contributed by atoms with Crippen LogP contribution in [-0.4, -0.2) is 30.9 Å². The average molecular weight is 318 g/mol. The lowest BCUT2D eigenvalue weighted by molar-refractivity contribution is -0.113. The number of carbonyl (C=O) groups is 1. The molecular formula is C16H18N2O3S. The van der Waals surface area contributed by atoms with Crippen molar-refractivity contribution in [3.8, 4) is 11.5 Å². The number of ether oxygens (including phenoxy) is 2. The van der Waals surface area contributed by atoms with Crippen LogP contribution in [0.15, 0.2) is 41.6 Å². The van der Waals surface area contributed by atoms with Gasteiger partial charge in [0.15, 0.2) is 0 Å². The van der Waals surface area contributed by atoms with E-state index in [4.69, 9.17) is 9.47 Å². The molecule has 5 nitrogen and oxygen atoms in total. The molecule has 6 heteroatoms. The maximum Gasteiger partial charge on any atom is 0.234 e. The number of hydrogen-bond acceptors (Lipinski definition) is 5. The molecule has 0 unspecified atom stereocenters. The van der Waals surface area contributed by atoms with Gasteiger partial charge in [-0.1, -0.05) is 17.8 Å². The Kier molecular flexibility index (Phi) is 5.66. The fraction of sp³-hybridized carbons (Fsp3) is 0.250. The van der Waals surface area contributed by atoms with E-state index in [1.165, 1.54) is 11.8 Å². The summed E-state index contributed by atoms with van der Waals surface area (Å²) in [6, 6.07) is 9.13. The Balaban J connectivity index is 1.98.